The Labute approximate surface area is 130 Å². The molecule has 0 amide bonds. The number of rotatable bonds is 4. The first-order valence-electron chi connectivity index (χ1n) is 7.14. The van der Waals surface area contributed by atoms with Crippen LogP contribution in [0.1, 0.15) is 32.6 Å². The quantitative estimate of drug-likeness (QED) is 0.848. The largest absolute Gasteiger partial charge is 0.356 e. The van der Waals surface area contributed by atoms with Crippen LogP contribution in [0.5, 0.6) is 0 Å². The maximum atomic E-state index is 12.1. The predicted molar refractivity (Wildman–Crippen MR) is 82.0 cm³/mol. The highest BCUT2D eigenvalue weighted by molar-refractivity contribution is 7.90. The second-order valence-corrected chi connectivity index (χ2v) is 8.38. The van der Waals surface area contributed by atoms with E-state index in [-0.39, 0.29) is 16.1 Å². The molecule has 1 saturated carbocycles. The summed E-state index contributed by atoms with van der Waals surface area (Å²) in [5, 5.41) is 0.0586. The molecular weight excluding hydrogens is 312 g/mol. The normalized spacial score (nSPS) is 22.3. The SMILES string of the molecule is CC1(NS(=O)(=O)C2CC2)CCN(c2ccnc(Cl)n2)CC1. The van der Waals surface area contributed by atoms with Crippen molar-refractivity contribution in [2.45, 2.75) is 43.4 Å². The first-order valence-corrected chi connectivity index (χ1v) is 9.07. The molecule has 0 atom stereocenters. The number of nitrogens with zero attached hydrogens (tertiary/aromatic N) is 3. The van der Waals surface area contributed by atoms with E-state index in [1.807, 2.05) is 13.0 Å². The Balaban J connectivity index is 1.64. The third kappa shape index (κ3) is 3.46. The minimum absolute atomic E-state index is 0.173. The standard InChI is InChI=1S/C13H19ClN4O2S/c1-13(17-21(19,20)10-2-3-10)5-8-18(9-6-13)11-4-7-15-12(14)16-11/h4,7,10,17H,2-3,5-6,8-9H2,1H3. The molecule has 1 N–H and O–H groups in total. The fraction of sp³-hybridized carbons (Fsp3) is 0.692. The van der Waals surface area contributed by atoms with Crippen LogP contribution in [0.3, 0.4) is 0 Å². The van der Waals surface area contributed by atoms with Crippen molar-refractivity contribution in [3.63, 3.8) is 0 Å². The van der Waals surface area contributed by atoms with Gasteiger partial charge in [-0.3, -0.25) is 0 Å². The number of aromatic nitrogens is 2. The lowest BCUT2D eigenvalue weighted by molar-refractivity contribution is 0.329. The maximum Gasteiger partial charge on any atom is 0.224 e. The molecule has 0 aromatic carbocycles. The first kappa shape index (κ1) is 15.0. The minimum atomic E-state index is -3.15. The van der Waals surface area contributed by atoms with Crippen LogP contribution >= 0.6 is 11.6 Å². The van der Waals surface area contributed by atoms with Gasteiger partial charge in [-0.2, -0.15) is 0 Å². The smallest absolute Gasteiger partial charge is 0.224 e. The summed E-state index contributed by atoms with van der Waals surface area (Å²) in [6, 6.07) is 1.82. The van der Waals surface area contributed by atoms with Crippen LogP contribution < -0.4 is 9.62 Å². The van der Waals surface area contributed by atoms with E-state index >= 15 is 0 Å². The van der Waals surface area contributed by atoms with Crippen LogP contribution in [0.4, 0.5) is 5.82 Å². The number of anilines is 1. The van der Waals surface area contributed by atoms with Gasteiger partial charge in [0.2, 0.25) is 15.3 Å². The molecule has 1 saturated heterocycles. The predicted octanol–water partition coefficient (Wildman–Crippen LogP) is 1.57. The van der Waals surface area contributed by atoms with Gasteiger partial charge in [-0.25, -0.2) is 23.1 Å². The molecule has 2 aliphatic rings. The van der Waals surface area contributed by atoms with Gasteiger partial charge in [0.1, 0.15) is 5.82 Å². The van der Waals surface area contributed by atoms with Gasteiger partial charge in [0, 0.05) is 24.8 Å². The summed E-state index contributed by atoms with van der Waals surface area (Å²) in [6.45, 7) is 3.48. The van der Waals surface area contributed by atoms with Gasteiger partial charge in [0.25, 0.3) is 0 Å². The van der Waals surface area contributed by atoms with Gasteiger partial charge in [0.15, 0.2) is 0 Å². The van der Waals surface area contributed by atoms with Crippen molar-refractivity contribution in [1.82, 2.24) is 14.7 Å². The average Bonchev–Trinajstić information content (AvgIpc) is 3.23. The molecule has 0 spiro atoms. The van der Waals surface area contributed by atoms with E-state index in [0.717, 1.165) is 44.6 Å². The summed E-state index contributed by atoms with van der Waals surface area (Å²) < 4.78 is 27.1. The molecule has 6 nitrogen and oxygen atoms in total. The first-order chi connectivity index (χ1) is 9.88. The second-order valence-electron chi connectivity index (χ2n) is 6.08. The Morgan fingerprint density at radius 2 is 2.05 bits per heavy atom. The van der Waals surface area contributed by atoms with Crippen molar-refractivity contribution in [3.05, 3.63) is 17.5 Å². The molecule has 116 valence electrons. The van der Waals surface area contributed by atoms with Crippen molar-refractivity contribution in [1.29, 1.82) is 0 Å². The highest BCUT2D eigenvalue weighted by atomic mass is 35.5. The summed E-state index contributed by atoms with van der Waals surface area (Å²) in [5.74, 6) is 0.794. The summed E-state index contributed by atoms with van der Waals surface area (Å²) in [4.78, 5) is 10.2. The van der Waals surface area contributed by atoms with Gasteiger partial charge in [-0.1, -0.05) is 0 Å². The topological polar surface area (TPSA) is 75.2 Å². The van der Waals surface area contributed by atoms with Crippen molar-refractivity contribution >= 4 is 27.4 Å². The van der Waals surface area contributed by atoms with Crippen molar-refractivity contribution in [3.8, 4) is 0 Å². The maximum absolute atomic E-state index is 12.1. The fourth-order valence-corrected chi connectivity index (χ4v) is 4.60. The summed E-state index contributed by atoms with van der Waals surface area (Å²) in [5.41, 5.74) is -0.366. The summed E-state index contributed by atoms with van der Waals surface area (Å²) in [7, 11) is -3.15. The van der Waals surface area contributed by atoms with Crippen LogP contribution in [-0.2, 0) is 10.0 Å². The van der Waals surface area contributed by atoms with Gasteiger partial charge < -0.3 is 4.90 Å². The Bertz CT molecular complexity index is 625. The van der Waals surface area contributed by atoms with E-state index < -0.39 is 10.0 Å². The molecular formula is C13H19ClN4O2S. The van der Waals surface area contributed by atoms with Crippen LogP contribution in [0.2, 0.25) is 5.28 Å². The Kier molecular flexibility index (Phi) is 3.83. The van der Waals surface area contributed by atoms with Gasteiger partial charge in [-0.15, -0.1) is 0 Å². The Hall–Kier alpha value is -0.920. The van der Waals surface area contributed by atoms with Crippen molar-refractivity contribution < 1.29 is 8.42 Å². The molecule has 0 radical (unpaired) electrons. The number of hydrogen-bond acceptors (Lipinski definition) is 5. The summed E-state index contributed by atoms with van der Waals surface area (Å²) in [6.07, 6.45) is 4.71. The second kappa shape index (κ2) is 5.37. The van der Waals surface area contributed by atoms with Crippen LogP contribution in [0, 0.1) is 0 Å². The molecule has 1 aromatic rings. The van der Waals surface area contributed by atoms with E-state index in [1.54, 1.807) is 6.20 Å². The Morgan fingerprint density at radius 3 is 2.62 bits per heavy atom. The van der Waals surface area contributed by atoms with Crippen LogP contribution in [-0.4, -0.2) is 42.3 Å². The minimum Gasteiger partial charge on any atom is -0.356 e. The number of piperidine rings is 1. The van der Waals surface area contributed by atoms with Gasteiger partial charge in [-0.05, 0) is 50.3 Å². The zero-order chi connectivity index (χ0) is 15.1. The molecule has 0 unspecified atom stereocenters. The monoisotopic (exact) mass is 330 g/mol. The Morgan fingerprint density at radius 1 is 1.38 bits per heavy atom. The zero-order valence-corrected chi connectivity index (χ0v) is 13.5. The van der Waals surface area contributed by atoms with Gasteiger partial charge in [0.05, 0.1) is 5.25 Å². The van der Waals surface area contributed by atoms with Gasteiger partial charge >= 0.3 is 0 Å². The number of nitrogens with one attached hydrogen (secondary N) is 1. The van der Waals surface area contributed by atoms with E-state index in [4.69, 9.17) is 11.6 Å². The highest BCUT2D eigenvalue weighted by Gasteiger charge is 2.41. The molecule has 1 aromatic heterocycles. The molecule has 2 fully saturated rings. The lowest BCUT2D eigenvalue weighted by atomic mass is 9.91. The summed E-state index contributed by atoms with van der Waals surface area (Å²) >= 11 is 5.81. The fourth-order valence-electron chi connectivity index (χ4n) is 2.64. The van der Waals surface area contributed by atoms with Crippen LogP contribution in [0.25, 0.3) is 0 Å². The lowest BCUT2D eigenvalue weighted by Crippen LogP contribution is -2.54. The molecule has 0 bridgehead atoms. The van der Waals surface area contributed by atoms with E-state index in [9.17, 15) is 8.42 Å². The number of hydrogen-bond donors (Lipinski definition) is 1. The molecule has 2 heterocycles. The van der Waals surface area contributed by atoms with E-state index in [0.29, 0.717) is 0 Å². The number of halogens is 1. The van der Waals surface area contributed by atoms with Crippen LogP contribution in [0.15, 0.2) is 12.3 Å². The molecule has 1 aliphatic carbocycles. The molecule has 8 heteroatoms. The van der Waals surface area contributed by atoms with E-state index in [1.165, 1.54) is 0 Å². The van der Waals surface area contributed by atoms with Crippen molar-refractivity contribution in [2.24, 2.45) is 0 Å². The third-order valence-electron chi connectivity index (χ3n) is 4.15. The third-order valence-corrected chi connectivity index (χ3v) is 6.46. The van der Waals surface area contributed by atoms with Crippen molar-refractivity contribution in [2.75, 3.05) is 18.0 Å². The molecule has 3 rings (SSSR count). The molecule has 1 aliphatic heterocycles. The van der Waals surface area contributed by atoms with E-state index in [2.05, 4.69) is 19.6 Å². The zero-order valence-electron chi connectivity index (χ0n) is 11.9. The number of sulfonamides is 1. The lowest BCUT2D eigenvalue weighted by Gasteiger charge is -2.40. The highest BCUT2D eigenvalue weighted by Crippen LogP contribution is 2.32. The average molecular weight is 331 g/mol. The molecule has 21 heavy (non-hydrogen) atoms.